The Labute approximate surface area is 121 Å². The number of hydrogen-bond acceptors (Lipinski definition) is 9. The molecule has 0 atom stereocenters. The topological polar surface area (TPSA) is 115 Å². The Bertz CT molecular complexity index is 609. The van der Waals surface area contributed by atoms with E-state index >= 15 is 0 Å². The van der Waals surface area contributed by atoms with Crippen LogP contribution in [-0.4, -0.2) is 46.4 Å². The van der Waals surface area contributed by atoms with Crippen molar-refractivity contribution in [3.63, 3.8) is 0 Å². The number of nitrogens with zero attached hydrogens (tertiary/aromatic N) is 5. The lowest BCUT2D eigenvalue weighted by atomic mass is 10.4. The van der Waals surface area contributed by atoms with E-state index in [1.165, 1.54) is 0 Å². The van der Waals surface area contributed by atoms with Crippen molar-refractivity contribution in [2.45, 2.75) is 13.5 Å². The third-order valence-electron chi connectivity index (χ3n) is 3.03. The normalized spacial score (nSPS) is 15.2. The minimum atomic E-state index is 0.183. The molecule has 2 aromatic rings. The highest BCUT2D eigenvalue weighted by atomic mass is 16.5. The second-order valence-electron chi connectivity index (χ2n) is 4.70. The van der Waals surface area contributed by atoms with Crippen molar-refractivity contribution in [1.82, 2.24) is 20.1 Å². The molecular formula is C12H17N7O2. The molecule has 9 nitrogen and oxygen atoms in total. The number of anilines is 3. The van der Waals surface area contributed by atoms with E-state index in [2.05, 4.69) is 25.4 Å². The van der Waals surface area contributed by atoms with E-state index < -0.39 is 0 Å². The van der Waals surface area contributed by atoms with E-state index in [9.17, 15) is 0 Å². The maximum absolute atomic E-state index is 5.74. The molecular weight excluding hydrogens is 274 g/mol. The summed E-state index contributed by atoms with van der Waals surface area (Å²) < 4.78 is 10.4. The number of morpholine rings is 1. The summed E-state index contributed by atoms with van der Waals surface area (Å²) in [7, 11) is 0. The van der Waals surface area contributed by atoms with Crippen LogP contribution in [0.1, 0.15) is 11.5 Å². The number of nitrogens with one attached hydrogen (secondary N) is 1. The summed E-state index contributed by atoms with van der Waals surface area (Å²) in [5.74, 6) is 1.86. The summed E-state index contributed by atoms with van der Waals surface area (Å²) in [5, 5.41) is 6.88. The molecule has 3 heterocycles. The third-order valence-corrected chi connectivity index (χ3v) is 3.03. The molecule has 0 unspecified atom stereocenters. The number of aromatic nitrogens is 4. The van der Waals surface area contributed by atoms with Crippen LogP contribution in [0, 0.1) is 6.92 Å². The number of ether oxygens (including phenoxy) is 1. The average Bonchev–Trinajstić information content (AvgIpc) is 2.91. The van der Waals surface area contributed by atoms with E-state index in [-0.39, 0.29) is 5.95 Å². The molecule has 1 aliphatic rings. The van der Waals surface area contributed by atoms with E-state index in [1.54, 1.807) is 0 Å². The van der Waals surface area contributed by atoms with Crippen molar-refractivity contribution in [3.05, 3.63) is 17.5 Å². The van der Waals surface area contributed by atoms with Gasteiger partial charge in [0.15, 0.2) is 5.76 Å². The minimum absolute atomic E-state index is 0.183. The van der Waals surface area contributed by atoms with Gasteiger partial charge in [0, 0.05) is 19.2 Å². The lowest BCUT2D eigenvalue weighted by Crippen LogP contribution is -2.37. The molecule has 21 heavy (non-hydrogen) atoms. The molecule has 9 heteroatoms. The molecule has 1 fully saturated rings. The van der Waals surface area contributed by atoms with Crippen molar-refractivity contribution < 1.29 is 9.26 Å². The first-order chi connectivity index (χ1) is 10.2. The molecule has 2 aromatic heterocycles. The van der Waals surface area contributed by atoms with Crippen LogP contribution in [-0.2, 0) is 11.3 Å². The Morgan fingerprint density at radius 3 is 2.81 bits per heavy atom. The van der Waals surface area contributed by atoms with E-state index in [4.69, 9.17) is 15.0 Å². The predicted octanol–water partition coefficient (Wildman–Crippen LogP) is 0.199. The molecule has 0 bridgehead atoms. The van der Waals surface area contributed by atoms with Gasteiger partial charge in [0.2, 0.25) is 17.8 Å². The molecule has 112 valence electrons. The molecule has 3 N–H and O–H groups in total. The highest BCUT2D eigenvalue weighted by Gasteiger charge is 2.16. The van der Waals surface area contributed by atoms with Gasteiger partial charge in [-0.1, -0.05) is 5.16 Å². The lowest BCUT2D eigenvalue weighted by molar-refractivity contribution is 0.122. The molecule has 0 aliphatic carbocycles. The van der Waals surface area contributed by atoms with Crippen LogP contribution in [0.15, 0.2) is 10.6 Å². The second kappa shape index (κ2) is 5.92. The van der Waals surface area contributed by atoms with Crippen molar-refractivity contribution in [2.24, 2.45) is 0 Å². The molecule has 1 aliphatic heterocycles. The summed E-state index contributed by atoms with van der Waals surface area (Å²) in [4.78, 5) is 14.6. The molecule has 0 radical (unpaired) electrons. The molecule has 0 amide bonds. The number of aryl methyl sites for hydroxylation is 1. The lowest BCUT2D eigenvalue weighted by Gasteiger charge is -2.26. The first-order valence-electron chi connectivity index (χ1n) is 6.71. The summed E-state index contributed by atoms with van der Waals surface area (Å²) in [6, 6.07) is 1.85. The fourth-order valence-corrected chi connectivity index (χ4v) is 2.03. The quantitative estimate of drug-likeness (QED) is 0.814. The SMILES string of the molecule is Cc1cc(CNc2nc(N)nc(N3CCOCC3)n2)on1. The zero-order valence-electron chi connectivity index (χ0n) is 11.7. The van der Waals surface area contributed by atoms with Crippen LogP contribution in [0.25, 0.3) is 0 Å². The Morgan fingerprint density at radius 2 is 2.10 bits per heavy atom. The van der Waals surface area contributed by atoms with Crippen LogP contribution in [0.2, 0.25) is 0 Å². The molecule has 1 saturated heterocycles. The molecule has 0 aromatic carbocycles. The Balaban J connectivity index is 1.71. The zero-order chi connectivity index (χ0) is 14.7. The van der Waals surface area contributed by atoms with Gasteiger partial charge in [0.1, 0.15) is 0 Å². The van der Waals surface area contributed by atoms with Gasteiger partial charge in [-0.15, -0.1) is 0 Å². The first kappa shape index (κ1) is 13.6. The van der Waals surface area contributed by atoms with Gasteiger partial charge in [-0.05, 0) is 6.92 Å². The molecule has 0 saturated carbocycles. The molecule has 0 spiro atoms. The van der Waals surface area contributed by atoms with Gasteiger partial charge in [0.05, 0.1) is 25.5 Å². The number of nitrogens with two attached hydrogens (primary N) is 1. The summed E-state index contributed by atoms with van der Waals surface area (Å²) in [6.07, 6.45) is 0. The second-order valence-corrected chi connectivity index (χ2v) is 4.70. The van der Waals surface area contributed by atoms with Crippen molar-refractivity contribution in [2.75, 3.05) is 42.3 Å². The predicted molar refractivity (Wildman–Crippen MR) is 75.8 cm³/mol. The summed E-state index contributed by atoms with van der Waals surface area (Å²) in [5.41, 5.74) is 6.57. The maximum atomic E-state index is 5.74. The fraction of sp³-hybridized carbons (Fsp3) is 0.500. The van der Waals surface area contributed by atoms with Gasteiger partial charge in [-0.25, -0.2) is 0 Å². The number of hydrogen-bond donors (Lipinski definition) is 2. The maximum Gasteiger partial charge on any atom is 0.232 e. The van der Waals surface area contributed by atoms with Gasteiger partial charge in [-0.3, -0.25) is 0 Å². The minimum Gasteiger partial charge on any atom is -0.378 e. The van der Waals surface area contributed by atoms with Crippen LogP contribution in [0.5, 0.6) is 0 Å². The smallest absolute Gasteiger partial charge is 0.232 e. The van der Waals surface area contributed by atoms with Crippen LogP contribution >= 0.6 is 0 Å². The van der Waals surface area contributed by atoms with Crippen LogP contribution in [0.4, 0.5) is 17.8 Å². The van der Waals surface area contributed by atoms with Gasteiger partial charge in [0.25, 0.3) is 0 Å². The fourth-order valence-electron chi connectivity index (χ4n) is 2.03. The van der Waals surface area contributed by atoms with E-state index in [0.717, 1.165) is 18.8 Å². The zero-order valence-corrected chi connectivity index (χ0v) is 11.7. The van der Waals surface area contributed by atoms with Gasteiger partial charge in [-0.2, -0.15) is 15.0 Å². The van der Waals surface area contributed by atoms with Crippen molar-refractivity contribution in [1.29, 1.82) is 0 Å². The van der Waals surface area contributed by atoms with Crippen LogP contribution in [0.3, 0.4) is 0 Å². The Kier molecular flexibility index (Phi) is 3.82. The van der Waals surface area contributed by atoms with Crippen molar-refractivity contribution >= 4 is 17.8 Å². The third kappa shape index (κ3) is 3.37. The largest absolute Gasteiger partial charge is 0.378 e. The van der Waals surface area contributed by atoms with Gasteiger partial charge < -0.3 is 25.2 Å². The monoisotopic (exact) mass is 291 g/mol. The number of rotatable bonds is 4. The summed E-state index contributed by atoms with van der Waals surface area (Å²) in [6.45, 7) is 5.10. The van der Waals surface area contributed by atoms with Gasteiger partial charge >= 0.3 is 0 Å². The highest BCUT2D eigenvalue weighted by molar-refractivity contribution is 5.42. The highest BCUT2D eigenvalue weighted by Crippen LogP contribution is 2.14. The Hall–Kier alpha value is -2.42. The summed E-state index contributed by atoms with van der Waals surface area (Å²) >= 11 is 0. The Morgan fingerprint density at radius 1 is 1.29 bits per heavy atom. The van der Waals surface area contributed by atoms with Crippen LogP contribution < -0.4 is 16.0 Å². The average molecular weight is 291 g/mol. The van der Waals surface area contributed by atoms with E-state index in [1.807, 2.05) is 17.9 Å². The van der Waals surface area contributed by atoms with Crippen molar-refractivity contribution in [3.8, 4) is 0 Å². The number of nitrogen functional groups attached to an aromatic ring is 1. The standard InChI is InChI=1S/C12H17N7O2/c1-8-6-9(21-18-8)7-14-11-15-10(13)16-12(17-11)19-2-4-20-5-3-19/h6H,2-5,7H2,1H3,(H3,13,14,15,16,17). The molecule has 3 rings (SSSR count). The first-order valence-corrected chi connectivity index (χ1v) is 6.71. The van der Waals surface area contributed by atoms with E-state index in [0.29, 0.717) is 37.4 Å².